The van der Waals surface area contributed by atoms with Gasteiger partial charge in [-0.25, -0.2) is 4.39 Å². The number of hydrogen-bond acceptors (Lipinski definition) is 4. The van der Waals surface area contributed by atoms with Gasteiger partial charge < -0.3 is 5.32 Å². The first-order valence-electron chi connectivity index (χ1n) is 5.43. The van der Waals surface area contributed by atoms with Crippen LogP contribution >= 0.6 is 27.3 Å². The van der Waals surface area contributed by atoms with Gasteiger partial charge >= 0.3 is 0 Å². The quantitative estimate of drug-likeness (QED) is 0.671. The third kappa shape index (κ3) is 3.20. The summed E-state index contributed by atoms with van der Waals surface area (Å²) in [6.45, 7) is 0.242. The van der Waals surface area contributed by atoms with Crippen LogP contribution in [0.5, 0.6) is 0 Å². The molecule has 0 aliphatic heterocycles. The van der Waals surface area contributed by atoms with Gasteiger partial charge in [0.05, 0.1) is 17.5 Å². The Morgan fingerprint density at radius 2 is 2.20 bits per heavy atom. The highest BCUT2D eigenvalue weighted by atomic mass is 79.9. The van der Waals surface area contributed by atoms with Gasteiger partial charge in [-0.3, -0.25) is 14.9 Å². The predicted octanol–water partition coefficient (Wildman–Crippen LogP) is 3.49. The number of rotatable bonds is 4. The summed E-state index contributed by atoms with van der Waals surface area (Å²) in [4.78, 5) is 22.9. The molecule has 0 saturated heterocycles. The number of benzene rings is 1. The van der Waals surface area contributed by atoms with Crippen molar-refractivity contribution in [3.63, 3.8) is 0 Å². The standard InChI is InChI=1S/C12H8BrFN2O3S/c13-9-3-4-20-11(9)6-15-12(17)8-2-1-7(14)5-10(8)16(18)19/h1-5H,6H2,(H,15,17). The molecule has 1 N–H and O–H groups in total. The third-order valence-electron chi connectivity index (χ3n) is 2.50. The van der Waals surface area contributed by atoms with E-state index in [0.717, 1.165) is 27.5 Å². The molecule has 0 fully saturated rings. The molecule has 0 bridgehead atoms. The van der Waals surface area contributed by atoms with Crippen LogP contribution in [0, 0.1) is 15.9 Å². The minimum Gasteiger partial charge on any atom is -0.347 e. The van der Waals surface area contributed by atoms with Crippen LogP contribution < -0.4 is 5.32 Å². The molecule has 1 amide bonds. The van der Waals surface area contributed by atoms with E-state index in [-0.39, 0.29) is 12.1 Å². The second kappa shape index (κ2) is 6.10. The highest BCUT2D eigenvalue weighted by molar-refractivity contribution is 9.10. The van der Waals surface area contributed by atoms with Crippen LogP contribution in [0.1, 0.15) is 15.2 Å². The van der Waals surface area contributed by atoms with Crippen LogP contribution in [0.3, 0.4) is 0 Å². The fourth-order valence-corrected chi connectivity index (χ4v) is 2.99. The van der Waals surface area contributed by atoms with Crippen molar-refractivity contribution >= 4 is 38.9 Å². The fraction of sp³-hybridized carbons (Fsp3) is 0.0833. The molecule has 1 aromatic heterocycles. The smallest absolute Gasteiger partial charge is 0.285 e. The number of amides is 1. The zero-order valence-corrected chi connectivity index (χ0v) is 12.3. The predicted molar refractivity (Wildman–Crippen MR) is 76.2 cm³/mol. The molecule has 2 rings (SSSR count). The average Bonchev–Trinajstić information content (AvgIpc) is 2.81. The van der Waals surface area contributed by atoms with Gasteiger partial charge in [0.15, 0.2) is 0 Å². The first kappa shape index (κ1) is 14.6. The van der Waals surface area contributed by atoms with Crippen LogP contribution in [0.15, 0.2) is 34.1 Å². The molecule has 0 atom stereocenters. The molecule has 0 radical (unpaired) electrons. The van der Waals surface area contributed by atoms with E-state index >= 15 is 0 Å². The van der Waals surface area contributed by atoms with Crippen molar-refractivity contribution in [1.82, 2.24) is 5.32 Å². The molecule has 0 aliphatic rings. The lowest BCUT2D eigenvalue weighted by atomic mass is 10.1. The van der Waals surface area contributed by atoms with E-state index in [1.54, 1.807) is 0 Å². The highest BCUT2D eigenvalue weighted by Crippen LogP contribution is 2.23. The van der Waals surface area contributed by atoms with E-state index in [9.17, 15) is 19.3 Å². The minimum absolute atomic E-state index is 0.163. The van der Waals surface area contributed by atoms with Crippen LogP contribution in [0.2, 0.25) is 0 Å². The van der Waals surface area contributed by atoms with E-state index in [4.69, 9.17) is 0 Å². The van der Waals surface area contributed by atoms with Crippen LogP contribution in [-0.2, 0) is 6.54 Å². The minimum atomic E-state index is -0.779. The summed E-state index contributed by atoms with van der Waals surface area (Å²) in [5.74, 6) is -1.37. The van der Waals surface area contributed by atoms with Crippen molar-refractivity contribution < 1.29 is 14.1 Å². The van der Waals surface area contributed by atoms with Gasteiger partial charge in [0, 0.05) is 9.35 Å². The number of hydrogen-bond donors (Lipinski definition) is 1. The van der Waals surface area contributed by atoms with Crippen LogP contribution in [-0.4, -0.2) is 10.8 Å². The monoisotopic (exact) mass is 358 g/mol. The molecule has 104 valence electrons. The van der Waals surface area contributed by atoms with E-state index in [2.05, 4.69) is 21.2 Å². The number of carbonyl (C=O) groups is 1. The topological polar surface area (TPSA) is 72.2 Å². The molecule has 0 aliphatic carbocycles. The maximum absolute atomic E-state index is 13.0. The van der Waals surface area contributed by atoms with Gasteiger partial charge in [-0.15, -0.1) is 11.3 Å². The van der Waals surface area contributed by atoms with Crippen LogP contribution in [0.25, 0.3) is 0 Å². The zero-order chi connectivity index (χ0) is 14.7. The summed E-state index contributed by atoms with van der Waals surface area (Å²) in [5, 5.41) is 15.2. The van der Waals surface area contributed by atoms with Crippen molar-refractivity contribution in [1.29, 1.82) is 0 Å². The summed E-state index contributed by atoms with van der Waals surface area (Å²) < 4.78 is 13.9. The summed E-state index contributed by atoms with van der Waals surface area (Å²) in [6, 6.07) is 4.69. The molecule has 1 heterocycles. The molecule has 8 heteroatoms. The molecular weight excluding hydrogens is 351 g/mol. The Bertz CT molecular complexity index is 674. The number of nitro benzene ring substituents is 1. The molecular formula is C12H8BrFN2O3S. The summed E-state index contributed by atoms with van der Waals surface area (Å²) in [5.41, 5.74) is -0.711. The van der Waals surface area contributed by atoms with Crippen molar-refractivity contribution in [2.45, 2.75) is 6.54 Å². The molecule has 1 aromatic carbocycles. The Labute approximate surface area is 125 Å². The van der Waals surface area contributed by atoms with E-state index in [1.807, 2.05) is 11.4 Å². The normalized spacial score (nSPS) is 10.3. The largest absolute Gasteiger partial charge is 0.347 e. The second-order valence-electron chi connectivity index (χ2n) is 3.79. The number of nitrogens with one attached hydrogen (secondary N) is 1. The maximum Gasteiger partial charge on any atom is 0.285 e. The summed E-state index contributed by atoms with van der Waals surface area (Å²) in [7, 11) is 0. The van der Waals surface area contributed by atoms with Crippen molar-refractivity contribution in [2.24, 2.45) is 0 Å². The lowest BCUT2D eigenvalue weighted by molar-refractivity contribution is -0.385. The van der Waals surface area contributed by atoms with Crippen LogP contribution in [0.4, 0.5) is 10.1 Å². The van der Waals surface area contributed by atoms with Crippen molar-refractivity contribution in [2.75, 3.05) is 0 Å². The lowest BCUT2D eigenvalue weighted by Gasteiger charge is -2.05. The number of nitrogens with zero attached hydrogens (tertiary/aromatic N) is 1. The Kier molecular flexibility index (Phi) is 4.46. The summed E-state index contributed by atoms with van der Waals surface area (Å²) in [6.07, 6.45) is 0. The number of nitro groups is 1. The van der Waals surface area contributed by atoms with E-state index in [1.165, 1.54) is 11.3 Å². The first-order valence-corrected chi connectivity index (χ1v) is 7.10. The van der Waals surface area contributed by atoms with Gasteiger partial charge in [0.25, 0.3) is 11.6 Å². The van der Waals surface area contributed by atoms with E-state index < -0.39 is 22.3 Å². The SMILES string of the molecule is O=C(NCc1sccc1Br)c1ccc(F)cc1[N+](=O)[O-]. The number of thiophene rings is 1. The van der Waals surface area contributed by atoms with Gasteiger partial charge in [0.2, 0.25) is 0 Å². The molecule has 5 nitrogen and oxygen atoms in total. The molecule has 2 aromatic rings. The van der Waals surface area contributed by atoms with Gasteiger partial charge in [-0.1, -0.05) is 0 Å². The van der Waals surface area contributed by atoms with E-state index in [0.29, 0.717) is 0 Å². The number of carbonyl (C=O) groups excluding carboxylic acids is 1. The Hall–Kier alpha value is -1.80. The van der Waals surface area contributed by atoms with Crippen molar-refractivity contribution in [3.8, 4) is 0 Å². The van der Waals surface area contributed by atoms with Gasteiger partial charge in [0.1, 0.15) is 11.4 Å². The van der Waals surface area contributed by atoms with Gasteiger partial charge in [-0.2, -0.15) is 0 Å². The van der Waals surface area contributed by atoms with Crippen molar-refractivity contribution in [3.05, 3.63) is 60.5 Å². The Morgan fingerprint density at radius 1 is 1.45 bits per heavy atom. The molecule has 20 heavy (non-hydrogen) atoms. The zero-order valence-electron chi connectivity index (χ0n) is 9.93. The first-order chi connectivity index (χ1) is 9.49. The fourth-order valence-electron chi connectivity index (χ4n) is 1.55. The molecule has 0 unspecified atom stereocenters. The average molecular weight is 359 g/mol. The maximum atomic E-state index is 13.0. The summed E-state index contributed by atoms with van der Waals surface area (Å²) >= 11 is 4.77. The second-order valence-corrected chi connectivity index (χ2v) is 5.65. The molecule has 0 spiro atoms. The lowest BCUT2D eigenvalue weighted by Crippen LogP contribution is -2.23. The Morgan fingerprint density at radius 3 is 2.80 bits per heavy atom. The third-order valence-corrected chi connectivity index (χ3v) is 4.43. The molecule has 0 saturated carbocycles. The highest BCUT2D eigenvalue weighted by Gasteiger charge is 2.20. The van der Waals surface area contributed by atoms with Gasteiger partial charge in [-0.05, 0) is 39.5 Å². The Balaban J connectivity index is 2.17. The number of halogens is 2.